The van der Waals surface area contributed by atoms with Gasteiger partial charge in [0.1, 0.15) is 11.6 Å². The number of rotatable bonds is 5. The highest BCUT2D eigenvalue weighted by Crippen LogP contribution is 2.44. The number of hydrogen-bond donors (Lipinski definition) is 1. The molecule has 0 spiro atoms. The van der Waals surface area contributed by atoms with E-state index in [0.29, 0.717) is 26.1 Å². The molecule has 0 unspecified atom stereocenters. The van der Waals surface area contributed by atoms with Gasteiger partial charge in [-0.05, 0) is 67.1 Å². The Morgan fingerprint density at radius 3 is 2.15 bits per heavy atom. The molecule has 0 bridgehead atoms. The van der Waals surface area contributed by atoms with Crippen LogP contribution >= 0.6 is 0 Å². The van der Waals surface area contributed by atoms with E-state index in [1.54, 1.807) is 24.3 Å². The van der Waals surface area contributed by atoms with Gasteiger partial charge in [0, 0.05) is 49.1 Å². The average Bonchev–Trinajstić information content (AvgIpc) is 2.75. The first-order chi connectivity index (χ1) is 15.6. The molecule has 1 saturated carbocycles. The molecule has 1 heterocycles. The first kappa shape index (κ1) is 23.6. The first-order valence-corrected chi connectivity index (χ1v) is 13.3. The van der Waals surface area contributed by atoms with Crippen molar-refractivity contribution in [3.05, 3.63) is 53.6 Å². The lowest BCUT2D eigenvalue weighted by atomic mass is 9.62. The summed E-state index contributed by atoms with van der Waals surface area (Å²) in [7, 11) is -3.25. The zero-order chi connectivity index (χ0) is 23.8. The van der Waals surface area contributed by atoms with E-state index in [0.717, 1.165) is 35.3 Å². The van der Waals surface area contributed by atoms with Crippen LogP contribution in [0.4, 0.5) is 11.4 Å². The van der Waals surface area contributed by atoms with Crippen molar-refractivity contribution in [3.8, 4) is 0 Å². The highest BCUT2D eigenvalue weighted by Gasteiger charge is 2.46. The summed E-state index contributed by atoms with van der Waals surface area (Å²) in [5, 5.41) is 3.35. The van der Waals surface area contributed by atoms with Crippen molar-refractivity contribution in [3.63, 3.8) is 0 Å². The van der Waals surface area contributed by atoms with Gasteiger partial charge >= 0.3 is 0 Å². The van der Waals surface area contributed by atoms with Gasteiger partial charge in [0.25, 0.3) is 0 Å². The normalized spacial score (nSPS) is 24.6. The maximum absolute atomic E-state index is 13.2. The maximum atomic E-state index is 13.2. The molecule has 0 amide bonds. The number of ketones is 2. The highest BCUT2D eigenvalue weighted by atomic mass is 32.2. The summed E-state index contributed by atoms with van der Waals surface area (Å²) >= 11 is 0. The van der Waals surface area contributed by atoms with E-state index in [9.17, 15) is 18.0 Å². The van der Waals surface area contributed by atoms with E-state index in [1.165, 1.54) is 6.26 Å². The molecule has 0 atom stereocenters. The maximum Gasteiger partial charge on any atom is 0.175 e. The van der Waals surface area contributed by atoms with Crippen LogP contribution < -0.4 is 5.32 Å². The lowest BCUT2D eigenvalue weighted by molar-refractivity contribution is -0.142. The number of hydrogen-bond acceptors (Lipinski definition) is 6. The molecule has 1 N–H and O–H groups in total. The molecule has 1 aliphatic heterocycles. The van der Waals surface area contributed by atoms with E-state index < -0.39 is 21.2 Å². The lowest BCUT2D eigenvalue weighted by Gasteiger charge is -2.40. The van der Waals surface area contributed by atoms with Crippen LogP contribution in [0.25, 0.3) is 0 Å². The molecule has 2 aromatic rings. The van der Waals surface area contributed by atoms with E-state index in [1.807, 2.05) is 32.0 Å². The molecule has 0 aromatic heterocycles. The van der Waals surface area contributed by atoms with Crippen LogP contribution in [0.3, 0.4) is 0 Å². The van der Waals surface area contributed by atoms with Crippen LogP contribution in [0.1, 0.15) is 43.7 Å². The van der Waals surface area contributed by atoms with Crippen LogP contribution in [0, 0.1) is 18.8 Å². The van der Waals surface area contributed by atoms with Crippen molar-refractivity contribution in [1.82, 2.24) is 0 Å². The molecular weight excluding hydrogens is 438 g/mol. The van der Waals surface area contributed by atoms with Crippen LogP contribution in [-0.2, 0) is 29.6 Å². The number of nitrogens with one attached hydrogen (secondary N) is 1. The summed E-state index contributed by atoms with van der Waals surface area (Å²) in [5.74, 6) is -0.284. The SMILES string of the molecule is Cc1c(Nc2ccc(S(C)(=O)=O)cc2)cccc1C1(C)CC(=O)C(C2CCOCC2)C(=O)C1. The van der Waals surface area contributed by atoms with Crippen molar-refractivity contribution in [1.29, 1.82) is 0 Å². The Balaban J connectivity index is 1.57. The van der Waals surface area contributed by atoms with Crippen LogP contribution in [0.5, 0.6) is 0 Å². The fourth-order valence-electron chi connectivity index (χ4n) is 5.36. The van der Waals surface area contributed by atoms with Gasteiger partial charge in [-0.2, -0.15) is 0 Å². The summed E-state index contributed by atoms with van der Waals surface area (Å²) in [6.45, 7) is 5.25. The van der Waals surface area contributed by atoms with E-state index in [2.05, 4.69) is 5.32 Å². The second kappa shape index (κ2) is 9.03. The number of anilines is 2. The zero-order valence-corrected chi connectivity index (χ0v) is 20.2. The van der Waals surface area contributed by atoms with E-state index >= 15 is 0 Å². The number of sulfone groups is 1. The number of Topliss-reactive ketones (excluding diaryl/α,β-unsaturated/α-hetero) is 2. The monoisotopic (exact) mass is 469 g/mol. The standard InChI is InChI=1S/C26H31NO5S/c1-17-21(5-4-6-22(17)27-19-7-9-20(10-8-19)33(3,30)31)26(2)15-23(28)25(24(29)16-26)18-11-13-32-14-12-18/h4-10,18,25,27H,11-16H2,1-3H3. The Hall–Kier alpha value is -2.51. The second-order valence-electron chi connectivity index (χ2n) is 9.67. The number of ether oxygens (including phenoxy) is 1. The average molecular weight is 470 g/mol. The van der Waals surface area contributed by atoms with Gasteiger partial charge in [0.05, 0.1) is 10.8 Å². The van der Waals surface area contributed by atoms with Crippen molar-refractivity contribution in [2.45, 2.75) is 49.8 Å². The summed E-state index contributed by atoms with van der Waals surface area (Å²) in [5.41, 5.74) is 3.07. The van der Waals surface area contributed by atoms with Crippen molar-refractivity contribution in [2.24, 2.45) is 11.8 Å². The fourth-order valence-corrected chi connectivity index (χ4v) is 5.99. The van der Waals surface area contributed by atoms with Crippen LogP contribution in [-0.4, -0.2) is 39.5 Å². The highest BCUT2D eigenvalue weighted by molar-refractivity contribution is 7.90. The van der Waals surface area contributed by atoms with Gasteiger partial charge in [-0.3, -0.25) is 9.59 Å². The smallest absolute Gasteiger partial charge is 0.175 e. The van der Waals surface area contributed by atoms with Gasteiger partial charge in [0.2, 0.25) is 0 Å². The Kier molecular flexibility index (Phi) is 6.47. The lowest BCUT2D eigenvalue weighted by Crippen LogP contribution is -2.45. The zero-order valence-electron chi connectivity index (χ0n) is 19.4. The summed E-state index contributed by atoms with van der Waals surface area (Å²) in [6, 6.07) is 12.5. The largest absolute Gasteiger partial charge is 0.381 e. The number of carbonyl (C=O) groups excluding carboxylic acids is 2. The molecule has 1 saturated heterocycles. The quantitative estimate of drug-likeness (QED) is 0.654. The topological polar surface area (TPSA) is 89.5 Å². The second-order valence-corrected chi connectivity index (χ2v) is 11.7. The summed E-state index contributed by atoms with van der Waals surface area (Å²) < 4.78 is 28.8. The molecular formula is C26H31NO5S. The summed E-state index contributed by atoms with van der Waals surface area (Å²) in [6.07, 6.45) is 3.44. The minimum absolute atomic E-state index is 0.0507. The Labute approximate surface area is 195 Å². The molecule has 0 radical (unpaired) electrons. The molecule has 176 valence electrons. The van der Waals surface area contributed by atoms with Crippen LogP contribution in [0.15, 0.2) is 47.4 Å². The molecule has 33 heavy (non-hydrogen) atoms. The third kappa shape index (κ3) is 4.89. The fraction of sp³-hybridized carbons (Fsp3) is 0.462. The summed E-state index contributed by atoms with van der Waals surface area (Å²) in [4.78, 5) is 26.6. The number of carbonyl (C=O) groups is 2. The minimum atomic E-state index is -3.25. The van der Waals surface area contributed by atoms with Crippen molar-refractivity contribution >= 4 is 32.8 Å². The van der Waals surface area contributed by atoms with E-state index in [4.69, 9.17) is 4.74 Å². The van der Waals surface area contributed by atoms with Gasteiger partial charge in [-0.25, -0.2) is 8.42 Å². The number of benzene rings is 2. The molecule has 2 aliphatic rings. The van der Waals surface area contributed by atoms with Gasteiger partial charge < -0.3 is 10.1 Å². The predicted molar refractivity (Wildman–Crippen MR) is 128 cm³/mol. The van der Waals surface area contributed by atoms with Crippen molar-refractivity contribution in [2.75, 3.05) is 24.8 Å². The Bertz CT molecular complexity index is 1150. The molecule has 6 nitrogen and oxygen atoms in total. The predicted octanol–water partition coefficient (Wildman–Crippen LogP) is 4.37. The van der Waals surface area contributed by atoms with Gasteiger partial charge in [-0.15, -0.1) is 0 Å². The first-order valence-electron chi connectivity index (χ1n) is 11.4. The molecule has 7 heteroatoms. The Morgan fingerprint density at radius 2 is 1.58 bits per heavy atom. The van der Waals surface area contributed by atoms with Crippen LogP contribution in [0.2, 0.25) is 0 Å². The van der Waals surface area contributed by atoms with E-state index in [-0.39, 0.29) is 22.4 Å². The molecule has 2 fully saturated rings. The van der Waals surface area contributed by atoms with Gasteiger partial charge in [0.15, 0.2) is 9.84 Å². The molecule has 1 aliphatic carbocycles. The van der Waals surface area contributed by atoms with Crippen molar-refractivity contribution < 1.29 is 22.7 Å². The molecule has 4 rings (SSSR count). The third-order valence-corrected chi connectivity index (χ3v) is 8.23. The molecule has 2 aromatic carbocycles. The third-order valence-electron chi connectivity index (χ3n) is 7.11. The minimum Gasteiger partial charge on any atom is -0.381 e. The van der Waals surface area contributed by atoms with Gasteiger partial charge in [-0.1, -0.05) is 19.1 Å². The Morgan fingerprint density at radius 1 is 0.970 bits per heavy atom.